The van der Waals surface area contributed by atoms with Crippen LogP contribution in [0.3, 0.4) is 0 Å². The average molecular weight is 219 g/mol. The zero-order valence-electron chi connectivity index (χ0n) is 9.97. The molecule has 2 rings (SSSR count). The van der Waals surface area contributed by atoms with E-state index in [0.717, 1.165) is 18.9 Å². The fourth-order valence-corrected chi connectivity index (χ4v) is 1.91. The van der Waals surface area contributed by atoms with Crippen LogP contribution in [0.4, 0.5) is 5.82 Å². The van der Waals surface area contributed by atoms with Crippen molar-refractivity contribution < 1.29 is 4.79 Å². The molecule has 1 saturated heterocycles. The normalized spacial score (nSPS) is 17.1. The molecule has 2 heterocycles. The second kappa shape index (κ2) is 3.85. The van der Waals surface area contributed by atoms with Crippen LogP contribution in [0.1, 0.15) is 20.8 Å². The van der Waals surface area contributed by atoms with Gasteiger partial charge in [-0.05, 0) is 12.1 Å². The van der Waals surface area contributed by atoms with Crippen molar-refractivity contribution in [3.8, 4) is 0 Å². The summed E-state index contributed by atoms with van der Waals surface area (Å²) in [6, 6.07) is 3.78. The third-order valence-corrected chi connectivity index (χ3v) is 2.87. The maximum atomic E-state index is 12.0. The highest BCUT2D eigenvalue weighted by Crippen LogP contribution is 2.28. The molecule has 4 nitrogen and oxygen atoms in total. The lowest BCUT2D eigenvalue weighted by molar-refractivity contribution is -0.131. The first-order valence-electron chi connectivity index (χ1n) is 5.55. The van der Waals surface area contributed by atoms with E-state index in [4.69, 9.17) is 0 Å². The molecule has 0 saturated carbocycles. The van der Waals surface area contributed by atoms with Gasteiger partial charge in [-0.1, -0.05) is 20.8 Å². The van der Waals surface area contributed by atoms with Gasteiger partial charge in [-0.2, -0.15) is 5.10 Å². The van der Waals surface area contributed by atoms with Gasteiger partial charge in [0.15, 0.2) is 5.82 Å². The standard InChI is InChI=1S/C12H17N3O/c1-12(2,3)11(16)9-7-15(8-9)10-5-4-6-13-14-10/h4-6,9H,7-8H2,1-3H3. The summed E-state index contributed by atoms with van der Waals surface area (Å²) in [5, 5.41) is 7.85. The Morgan fingerprint density at radius 1 is 1.44 bits per heavy atom. The molecule has 0 atom stereocenters. The number of carbonyl (C=O) groups is 1. The molecule has 16 heavy (non-hydrogen) atoms. The first-order chi connectivity index (χ1) is 7.48. The number of rotatable bonds is 2. The number of hydrogen-bond acceptors (Lipinski definition) is 4. The predicted octanol–water partition coefficient (Wildman–Crippen LogP) is 1.53. The fraction of sp³-hybridized carbons (Fsp3) is 0.583. The molecule has 0 spiro atoms. The third-order valence-electron chi connectivity index (χ3n) is 2.87. The summed E-state index contributed by atoms with van der Waals surface area (Å²) in [6.07, 6.45) is 1.65. The molecular weight excluding hydrogens is 202 g/mol. The van der Waals surface area contributed by atoms with E-state index in [2.05, 4.69) is 15.1 Å². The van der Waals surface area contributed by atoms with Gasteiger partial charge in [0.25, 0.3) is 0 Å². The molecule has 1 aromatic rings. The monoisotopic (exact) mass is 219 g/mol. The summed E-state index contributed by atoms with van der Waals surface area (Å²) in [5.41, 5.74) is -0.237. The number of Topliss-reactive ketones (excluding diaryl/α,β-unsaturated/α-hetero) is 1. The highest BCUT2D eigenvalue weighted by atomic mass is 16.1. The van der Waals surface area contributed by atoms with Crippen molar-refractivity contribution in [2.75, 3.05) is 18.0 Å². The van der Waals surface area contributed by atoms with Crippen LogP contribution in [0.5, 0.6) is 0 Å². The topological polar surface area (TPSA) is 46.1 Å². The second-order valence-corrected chi connectivity index (χ2v) is 5.30. The molecule has 0 radical (unpaired) electrons. The Labute approximate surface area is 95.7 Å². The highest BCUT2D eigenvalue weighted by molar-refractivity contribution is 5.88. The molecule has 0 N–H and O–H groups in total. The first kappa shape index (κ1) is 11.0. The van der Waals surface area contributed by atoms with Crippen LogP contribution in [-0.4, -0.2) is 29.1 Å². The zero-order valence-corrected chi connectivity index (χ0v) is 9.97. The molecule has 1 aliphatic heterocycles. The summed E-state index contributed by atoms with van der Waals surface area (Å²) in [4.78, 5) is 14.0. The zero-order chi connectivity index (χ0) is 11.8. The Balaban J connectivity index is 1.94. The number of carbonyl (C=O) groups excluding carboxylic acids is 1. The molecule has 0 amide bonds. The number of aromatic nitrogens is 2. The number of hydrogen-bond donors (Lipinski definition) is 0. The van der Waals surface area contributed by atoms with E-state index < -0.39 is 0 Å². The average Bonchev–Trinajstić information content (AvgIpc) is 2.15. The molecule has 4 heteroatoms. The van der Waals surface area contributed by atoms with E-state index in [-0.39, 0.29) is 11.3 Å². The van der Waals surface area contributed by atoms with E-state index in [9.17, 15) is 4.79 Å². The molecule has 0 bridgehead atoms. The molecule has 1 aromatic heterocycles. The van der Waals surface area contributed by atoms with E-state index in [1.165, 1.54) is 0 Å². The van der Waals surface area contributed by atoms with Gasteiger partial charge in [0.1, 0.15) is 5.78 Å². The fourth-order valence-electron chi connectivity index (χ4n) is 1.91. The van der Waals surface area contributed by atoms with Crippen molar-refractivity contribution in [3.63, 3.8) is 0 Å². The minimum absolute atomic E-state index is 0.155. The second-order valence-electron chi connectivity index (χ2n) is 5.30. The van der Waals surface area contributed by atoms with Crippen molar-refractivity contribution in [1.82, 2.24) is 10.2 Å². The molecule has 0 aliphatic carbocycles. The summed E-state index contributed by atoms with van der Waals surface area (Å²) in [5.74, 6) is 1.36. The minimum Gasteiger partial charge on any atom is -0.354 e. The van der Waals surface area contributed by atoms with Gasteiger partial charge in [0, 0.05) is 24.7 Å². The SMILES string of the molecule is CC(C)(C)C(=O)C1CN(c2cccnn2)C1. The quantitative estimate of drug-likeness (QED) is 0.756. The van der Waals surface area contributed by atoms with E-state index in [0.29, 0.717) is 5.78 Å². The van der Waals surface area contributed by atoms with Gasteiger partial charge in [0.2, 0.25) is 0 Å². The molecule has 1 aliphatic rings. The van der Waals surface area contributed by atoms with Crippen LogP contribution in [0.15, 0.2) is 18.3 Å². The van der Waals surface area contributed by atoms with Crippen molar-refractivity contribution in [3.05, 3.63) is 18.3 Å². The Morgan fingerprint density at radius 2 is 2.12 bits per heavy atom. The van der Waals surface area contributed by atoms with Crippen LogP contribution in [0, 0.1) is 11.3 Å². The molecule has 86 valence electrons. The van der Waals surface area contributed by atoms with Gasteiger partial charge < -0.3 is 4.90 Å². The maximum Gasteiger partial charge on any atom is 0.151 e. The summed E-state index contributed by atoms with van der Waals surface area (Å²) >= 11 is 0. The number of nitrogens with zero attached hydrogens (tertiary/aromatic N) is 3. The van der Waals surface area contributed by atoms with E-state index in [1.807, 2.05) is 32.9 Å². The lowest BCUT2D eigenvalue weighted by Gasteiger charge is -2.41. The Hall–Kier alpha value is -1.45. The van der Waals surface area contributed by atoms with Crippen molar-refractivity contribution >= 4 is 11.6 Å². The number of ketones is 1. The Bertz CT molecular complexity index is 377. The van der Waals surface area contributed by atoms with Gasteiger partial charge >= 0.3 is 0 Å². The van der Waals surface area contributed by atoms with Gasteiger partial charge in [-0.3, -0.25) is 4.79 Å². The minimum atomic E-state index is -0.237. The molecule has 0 unspecified atom stereocenters. The summed E-state index contributed by atoms with van der Waals surface area (Å²) in [6.45, 7) is 7.46. The molecule has 1 fully saturated rings. The summed E-state index contributed by atoms with van der Waals surface area (Å²) in [7, 11) is 0. The molecule has 0 aromatic carbocycles. The lowest BCUT2D eigenvalue weighted by atomic mass is 9.79. The van der Waals surface area contributed by atoms with Crippen molar-refractivity contribution in [2.24, 2.45) is 11.3 Å². The van der Waals surface area contributed by atoms with Crippen molar-refractivity contribution in [1.29, 1.82) is 0 Å². The van der Waals surface area contributed by atoms with Gasteiger partial charge in [0.05, 0.1) is 5.92 Å². The predicted molar refractivity (Wildman–Crippen MR) is 62.2 cm³/mol. The Morgan fingerprint density at radius 3 is 2.62 bits per heavy atom. The number of anilines is 1. The van der Waals surface area contributed by atoms with Crippen LogP contribution in [0.2, 0.25) is 0 Å². The van der Waals surface area contributed by atoms with Gasteiger partial charge in [-0.15, -0.1) is 5.10 Å². The lowest BCUT2D eigenvalue weighted by Crippen LogP contribution is -2.53. The first-order valence-corrected chi connectivity index (χ1v) is 5.55. The van der Waals surface area contributed by atoms with Crippen LogP contribution in [0.25, 0.3) is 0 Å². The van der Waals surface area contributed by atoms with E-state index >= 15 is 0 Å². The van der Waals surface area contributed by atoms with Crippen LogP contribution >= 0.6 is 0 Å². The van der Waals surface area contributed by atoms with E-state index in [1.54, 1.807) is 6.20 Å². The van der Waals surface area contributed by atoms with Gasteiger partial charge in [-0.25, -0.2) is 0 Å². The van der Waals surface area contributed by atoms with Crippen LogP contribution in [-0.2, 0) is 4.79 Å². The molecular formula is C12H17N3O. The smallest absolute Gasteiger partial charge is 0.151 e. The van der Waals surface area contributed by atoms with Crippen LogP contribution < -0.4 is 4.90 Å². The van der Waals surface area contributed by atoms with Crippen molar-refractivity contribution in [2.45, 2.75) is 20.8 Å². The summed E-state index contributed by atoms with van der Waals surface area (Å²) < 4.78 is 0. The third kappa shape index (κ3) is 2.05. The highest BCUT2D eigenvalue weighted by Gasteiger charge is 2.38. The Kier molecular flexibility index (Phi) is 2.66. The maximum absolute atomic E-state index is 12.0. The largest absolute Gasteiger partial charge is 0.354 e.